The monoisotopic (exact) mass is 489 g/mol. The number of aromatic nitrogens is 1. The number of methoxy groups -OCH3 is 1. The van der Waals surface area contributed by atoms with Crippen molar-refractivity contribution in [2.24, 2.45) is 0 Å². The third-order valence-corrected chi connectivity index (χ3v) is 8.17. The molecule has 0 amide bonds. The summed E-state index contributed by atoms with van der Waals surface area (Å²) in [5, 5.41) is 2.06. The molecular formula is C23H25N2O4S3+. The molecular weight excluding hydrogens is 464 g/mol. The van der Waals surface area contributed by atoms with Crippen LogP contribution in [0.3, 0.4) is 0 Å². The van der Waals surface area contributed by atoms with Crippen molar-refractivity contribution in [3.05, 3.63) is 70.4 Å². The van der Waals surface area contributed by atoms with E-state index in [1.54, 1.807) is 30.2 Å². The van der Waals surface area contributed by atoms with Gasteiger partial charge in [0.2, 0.25) is 5.52 Å². The Kier molecular flexibility index (Phi) is 6.90. The van der Waals surface area contributed by atoms with Crippen LogP contribution in [0.15, 0.2) is 70.3 Å². The minimum atomic E-state index is -3.99. The molecule has 0 spiro atoms. The van der Waals surface area contributed by atoms with E-state index in [1.165, 1.54) is 10.6 Å². The molecule has 1 N–H and O–H groups in total. The molecule has 9 heteroatoms. The second-order valence-electron chi connectivity index (χ2n) is 7.25. The average Bonchev–Trinajstić information content (AvgIpc) is 3.29. The zero-order valence-corrected chi connectivity index (χ0v) is 20.3. The number of thiazole rings is 1. The predicted molar refractivity (Wildman–Crippen MR) is 131 cm³/mol. The maximum Gasteiger partial charge on any atom is 0.266 e. The highest BCUT2D eigenvalue weighted by Gasteiger charge is 2.25. The number of fused-ring (bicyclic) bond motifs is 2. The van der Waals surface area contributed by atoms with E-state index in [0.717, 1.165) is 26.8 Å². The van der Waals surface area contributed by atoms with E-state index in [0.29, 0.717) is 18.7 Å². The van der Waals surface area contributed by atoms with Crippen molar-refractivity contribution in [3.63, 3.8) is 0 Å². The third-order valence-electron chi connectivity index (χ3n) is 5.14. The van der Waals surface area contributed by atoms with E-state index >= 15 is 0 Å². The maximum absolute atomic E-state index is 11.2. The summed E-state index contributed by atoms with van der Waals surface area (Å²) in [5.41, 5.74) is 2.23. The minimum Gasteiger partial charge on any atom is -0.496 e. The highest BCUT2D eigenvalue weighted by molar-refractivity contribution is 8.03. The SMILES string of the molecule is CCN1C(=CC(=Cc2sc3ccccc3[n+]2CCCS(=O)(=O)O)OC)Sc2ccccc21. The molecule has 0 fully saturated rings. The first kappa shape index (κ1) is 22.8. The topological polar surface area (TPSA) is 70.7 Å². The summed E-state index contributed by atoms with van der Waals surface area (Å²) in [7, 11) is -2.34. The molecule has 4 rings (SSSR count). The number of rotatable bonds is 8. The molecule has 1 aromatic heterocycles. The molecule has 0 atom stereocenters. The Morgan fingerprint density at radius 2 is 1.94 bits per heavy atom. The second kappa shape index (κ2) is 9.66. The lowest BCUT2D eigenvalue weighted by Crippen LogP contribution is -2.36. The number of para-hydroxylation sites is 2. The summed E-state index contributed by atoms with van der Waals surface area (Å²) in [6, 6.07) is 16.3. The predicted octanol–water partition coefficient (Wildman–Crippen LogP) is 4.93. The number of allylic oxidation sites excluding steroid dienone is 1. The number of aryl methyl sites for hydroxylation is 1. The smallest absolute Gasteiger partial charge is 0.266 e. The Hall–Kier alpha value is -2.33. The number of thioether (sulfide) groups is 1. The first-order chi connectivity index (χ1) is 15.4. The lowest BCUT2D eigenvalue weighted by atomic mass is 10.3. The third kappa shape index (κ3) is 5.01. The molecule has 2 heterocycles. The first-order valence-electron chi connectivity index (χ1n) is 10.3. The van der Waals surface area contributed by atoms with Gasteiger partial charge in [-0.2, -0.15) is 13.0 Å². The van der Waals surface area contributed by atoms with Crippen molar-refractivity contribution in [1.29, 1.82) is 0 Å². The van der Waals surface area contributed by atoms with Crippen molar-refractivity contribution >= 4 is 55.2 Å². The highest BCUT2D eigenvalue weighted by atomic mass is 32.2. The second-order valence-corrected chi connectivity index (χ2v) is 10.9. The molecule has 1 aliphatic rings. The molecule has 2 aromatic carbocycles. The lowest BCUT2D eigenvalue weighted by molar-refractivity contribution is -0.668. The minimum absolute atomic E-state index is 0.269. The number of anilines is 1. The fraction of sp³-hybridized carbons (Fsp3) is 0.261. The summed E-state index contributed by atoms with van der Waals surface area (Å²) in [6.45, 7) is 3.46. The van der Waals surface area contributed by atoms with Gasteiger partial charge in [-0.3, -0.25) is 4.55 Å². The van der Waals surface area contributed by atoms with E-state index in [2.05, 4.69) is 28.5 Å². The number of hydrogen-bond donors (Lipinski definition) is 1. The fourth-order valence-electron chi connectivity index (χ4n) is 3.69. The Bertz CT molecular complexity index is 1300. The van der Waals surface area contributed by atoms with Crippen molar-refractivity contribution in [2.45, 2.75) is 24.8 Å². The van der Waals surface area contributed by atoms with Gasteiger partial charge in [0.1, 0.15) is 10.5 Å². The normalized spacial score (nSPS) is 15.5. The zero-order valence-electron chi connectivity index (χ0n) is 17.9. The molecule has 0 bridgehead atoms. The fourth-order valence-corrected chi connectivity index (χ4v) is 6.48. The van der Waals surface area contributed by atoms with E-state index in [4.69, 9.17) is 9.29 Å². The van der Waals surface area contributed by atoms with Gasteiger partial charge >= 0.3 is 0 Å². The molecule has 3 aromatic rings. The van der Waals surface area contributed by atoms with Crippen LogP contribution in [0.25, 0.3) is 16.3 Å². The molecule has 0 aliphatic carbocycles. The van der Waals surface area contributed by atoms with Gasteiger partial charge in [0.05, 0.1) is 29.7 Å². The largest absolute Gasteiger partial charge is 0.496 e. The molecule has 32 heavy (non-hydrogen) atoms. The summed E-state index contributed by atoms with van der Waals surface area (Å²) in [6.07, 6.45) is 4.35. The Morgan fingerprint density at radius 1 is 1.19 bits per heavy atom. The van der Waals surface area contributed by atoms with Crippen molar-refractivity contribution in [1.82, 2.24) is 0 Å². The van der Waals surface area contributed by atoms with Crippen LogP contribution in [0.2, 0.25) is 0 Å². The zero-order chi connectivity index (χ0) is 22.7. The van der Waals surface area contributed by atoms with Gasteiger partial charge in [-0.25, -0.2) is 0 Å². The quantitative estimate of drug-likeness (QED) is 0.275. The van der Waals surface area contributed by atoms with Crippen molar-refractivity contribution < 1.29 is 22.3 Å². The number of ether oxygens (including phenoxy) is 1. The van der Waals surface area contributed by atoms with E-state index in [9.17, 15) is 8.42 Å². The van der Waals surface area contributed by atoms with E-state index in [-0.39, 0.29) is 5.75 Å². The van der Waals surface area contributed by atoms with Gasteiger partial charge in [0.25, 0.3) is 15.1 Å². The van der Waals surface area contributed by atoms with Crippen LogP contribution in [-0.2, 0) is 21.4 Å². The molecule has 0 saturated heterocycles. The Labute approximate surface area is 196 Å². The standard InChI is InChI=1S/C23H24N2O4S3/c1-3-24-18-9-4-6-11-20(18)30-22(24)15-17(29-2)16-23-25(13-8-14-32(26,27)28)19-10-5-7-12-21(19)31-23/h4-7,9-12,15-16H,3,8,13-14H2,1-2H3/p+1. The molecule has 6 nitrogen and oxygen atoms in total. The molecule has 1 aliphatic heterocycles. The Morgan fingerprint density at radius 3 is 2.69 bits per heavy atom. The van der Waals surface area contributed by atoms with Gasteiger partial charge in [-0.05, 0) is 25.1 Å². The van der Waals surface area contributed by atoms with Crippen LogP contribution < -0.4 is 9.47 Å². The van der Waals surface area contributed by atoms with E-state index < -0.39 is 10.1 Å². The lowest BCUT2D eigenvalue weighted by Gasteiger charge is -2.18. The maximum atomic E-state index is 11.2. The van der Waals surface area contributed by atoms with Gasteiger partial charge in [-0.1, -0.05) is 47.4 Å². The van der Waals surface area contributed by atoms with Gasteiger partial charge in [0.15, 0.2) is 6.54 Å². The average molecular weight is 490 g/mol. The molecule has 168 valence electrons. The van der Waals surface area contributed by atoms with Crippen LogP contribution in [0.4, 0.5) is 5.69 Å². The van der Waals surface area contributed by atoms with Crippen LogP contribution in [-0.4, -0.2) is 32.4 Å². The van der Waals surface area contributed by atoms with Crippen molar-refractivity contribution in [3.8, 4) is 0 Å². The summed E-state index contributed by atoms with van der Waals surface area (Å²) in [5.74, 6) is 0.448. The molecule has 0 saturated carbocycles. The van der Waals surface area contributed by atoms with Crippen LogP contribution in [0.5, 0.6) is 0 Å². The number of hydrogen-bond acceptors (Lipinski definition) is 6. The van der Waals surface area contributed by atoms with E-state index in [1.807, 2.05) is 48.6 Å². The van der Waals surface area contributed by atoms with Gasteiger partial charge in [0, 0.05) is 30.0 Å². The Balaban J connectivity index is 1.69. The number of nitrogens with zero attached hydrogens (tertiary/aromatic N) is 2. The summed E-state index contributed by atoms with van der Waals surface area (Å²) in [4.78, 5) is 3.48. The van der Waals surface area contributed by atoms with Crippen LogP contribution in [0, 0.1) is 0 Å². The summed E-state index contributed by atoms with van der Waals surface area (Å²) >= 11 is 3.34. The van der Waals surface area contributed by atoms with Crippen LogP contribution >= 0.6 is 23.1 Å². The summed E-state index contributed by atoms with van der Waals surface area (Å²) < 4.78 is 40.4. The van der Waals surface area contributed by atoms with Crippen molar-refractivity contribution in [2.75, 3.05) is 24.3 Å². The molecule has 0 radical (unpaired) electrons. The highest BCUT2D eigenvalue weighted by Crippen LogP contribution is 2.46. The van der Waals surface area contributed by atoms with Gasteiger partial charge in [-0.15, -0.1) is 0 Å². The number of benzene rings is 2. The molecule has 0 unspecified atom stereocenters. The van der Waals surface area contributed by atoms with Crippen LogP contribution in [0.1, 0.15) is 18.4 Å². The van der Waals surface area contributed by atoms with Gasteiger partial charge < -0.3 is 9.64 Å². The first-order valence-corrected chi connectivity index (χ1v) is 13.5.